The number of amides is 2. The zero-order chi connectivity index (χ0) is 16.3. The summed E-state index contributed by atoms with van der Waals surface area (Å²) in [5.74, 6) is 0.448. The highest BCUT2D eigenvalue weighted by Gasteiger charge is 2.04. The molecule has 0 saturated carbocycles. The predicted octanol–water partition coefficient (Wildman–Crippen LogP) is 2.52. The monoisotopic (exact) mass is 312 g/mol. The first-order chi connectivity index (χ1) is 11.2. The second-order valence-electron chi connectivity index (χ2n) is 4.96. The Hall–Kier alpha value is -2.82. The Morgan fingerprint density at radius 3 is 2.13 bits per heavy atom. The van der Waals surface area contributed by atoms with E-state index in [0.717, 1.165) is 5.56 Å². The number of benzene rings is 2. The van der Waals surface area contributed by atoms with Gasteiger partial charge in [-0.1, -0.05) is 48.5 Å². The van der Waals surface area contributed by atoms with Gasteiger partial charge in [-0.15, -0.1) is 0 Å². The lowest BCUT2D eigenvalue weighted by Gasteiger charge is -2.08. The molecule has 0 unspecified atom stereocenters. The number of rotatable bonds is 7. The molecule has 120 valence electrons. The predicted molar refractivity (Wildman–Crippen MR) is 88.2 cm³/mol. The zero-order valence-corrected chi connectivity index (χ0v) is 12.8. The zero-order valence-electron chi connectivity index (χ0n) is 12.8. The van der Waals surface area contributed by atoms with Gasteiger partial charge < -0.3 is 15.4 Å². The van der Waals surface area contributed by atoms with Crippen molar-refractivity contribution in [2.75, 3.05) is 13.1 Å². The number of ether oxygens (including phenoxy) is 1. The first-order valence-electron chi connectivity index (χ1n) is 7.55. The largest absolute Gasteiger partial charge is 0.412 e. The smallest absolute Gasteiger partial charge is 0.410 e. The molecule has 0 bridgehead atoms. The van der Waals surface area contributed by atoms with Crippen molar-refractivity contribution in [1.82, 2.24) is 10.6 Å². The molecule has 2 rings (SSSR count). The van der Waals surface area contributed by atoms with Crippen molar-refractivity contribution in [3.63, 3.8) is 0 Å². The third-order valence-corrected chi connectivity index (χ3v) is 3.15. The average molecular weight is 312 g/mol. The van der Waals surface area contributed by atoms with Gasteiger partial charge in [-0.05, 0) is 24.1 Å². The van der Waals surface area contributed by atoms with Crippen LogP contribution in [0.4, 0.5) is 4.79 Å². The van der Waals surface area contributed by atoms with Crippen molar-refractivity contribution >= 4 is 12.0 Å². The first kappa shape index (κ1) is 16.5. The summed E-state index contributed by atoms with van der Waals surface area (Å²) >= 11 is 0. The molecule has 23 heavy (non-hydrogen) atoms. The minimum atomic E-state index is -0.533. The van der Waals surface area contributed by atoms with E-state index < -0.39 is 6.09 Å². The number of nitrogens with one attached hydrogen (secondary N) is 2. The molecule has 0 fully saturated rings. The standard InChI is InChI=1S/C18H20N2O3/c21-17(12-11-15-7-3-1-4-8-15)19-13-14-20-18(22)23-16-9-5-2-6-10-16/h1-10H,11-14H2,(H,19,21)(H,20,22). The van der Waals surface area contributed by atoms with Crippen LogP contribution in [0.3, 0.4) is 0 Å². The van der Waals surface area contributed by atoms with Gasteiger partial charge in [0.25, 0.3) is 0 Å². The number of carbonyl (C=O) groups is 2. The van der Waals surface area contributed by atoms with Crippen LogP contribution < -0.4 is 15.4 Å². The Morgan fingerprint density at radius 1 is 0.826 bits per heavy atom. The summed E-state index contributed by atoms with van der Waals surface area (Å²) in [6.45, 7) is 0.695. The van der Waals surface area contributed by atoms with E-state index in [0.29, 0.717) is 31.7 Å². The highest BCUT2D eigenvalue weighted by Crippen LogP contribution is 2.07. The first-order valence-corrected chi connectivity index (χ1v) is 7.55. The second kappa shape index (κ2) is 9.25. The highest BCUT2D eigenvalue weighted by atomic mass is 16.6. The molecule has 0 spiro atoms. The van der Waals surface area contributed by atoms with E-state index in [1.807, 2.05) is 36.4 Å². The van der Waals surface area contributed by atoms with Crippen LogP contribution >= 0.6 is 0 Å². The third-order valence-electron chi connectivity index (χ3n) is 3.15. The van der Waals surface area contributed by atoms with Crippen LogP contribution in [-0.4, -0.2) is 25.1 Å². The normalized spacial score (nSPS) is 9.91. The van der Waals surface area contributed by atoms with Crippen molar-refractivity contribution in [2.45, 2.75) is 12.8 Å². The van der Waals surface area contributed by atoms with E-state index in [1.165, 1.54) is 0 Å². The van der Waals surface area contributed by atoms with Gasteiger partial charge in [0.15, 0.2) is 0 Å². The van der Waals surface area contributed by atoms with Gasteiger partial charge in [0.2, 0.25) is 5.91 Å². The average Bonchev–Trinajstić information content (AvgIpc) is 2.59. The fraction of sp³-hybridized carbons (Fsp3) is 0.222. The van der Waals surface area contributed by atoms with Crippen molar-refractivity contribution in [3.05, 3.63) is 66.2 Å². The molecule has 0 heterocycles. The molecule has 5 nitrogen and oxygen atoms in total. The molecule has 0 aliphatic rings. The topological polar surface area (TPSA) is 67.4 Å². The quantitative estimate of drug-likeness (QED) is 0.772. The van der Waals surface area contributed by atoms with Gasteiger partial charge in [0.05, 0.1) is 0 Å². The number of hydrogen-bond acceptors (Lipinski definition) is 3. The molecular formula is C18H20N2O3. The maximum Gasteiger partial charge on any atom is 0.412 e. The van der Waals surface area contributed by atoms with Crippen molar-refractivity contribution < 1.29 is 14.3 Å². The fourth-order valence-electron chi connectivity index (χ4n) is 1.99. The molecule has 0 aromatic heterocycles. The lowest BCUT2D eigenvalue weighted by molar-refractivity contribution is -0.121. The molecule has 5 heteroatoms. The maximum atomic E-state index is 11.7. The summed E-state index contributed by atoms with van der Waals surface area (Å²) in [7, 11) is 0. The molecule has 0 aliphatic carbocycles. The SMILES string of the molecule is O=C(CCc1ccccc1)NCCNC(=O)Oc1ccccc1. The lowest BCUT2D eigenvalue weighted by Crippen LogP contribution is -2.36. The Balaban J connectivity index is 1.56. The second-order valence-corrected chi connectivity index (χ2v) is 4.96. The summed E-state index contributed by atoms with van der Waals surface area (Å²) in [4.78, 5) is 23.2. The van der Waals surface area contributed by atoms with Gasteiger partial charge in [0, 0.05) is 19.5 Å². The molecule has 0 aliphatic heterocycles. The molecule has 0 saturated heterocycles. The minimum absolute atomic E-state index is 0.0351. The van der Waals surface area contributed by atoms with Gasteiger partial charge >= 0.3 is 6.09 Å². The number of para-hydroxylation sites is 1. The molecular weight excluding hydrogens is 292 g/mol. The van der Waals surface area contributed by atoms with Crippen molar-refractivity contribution in [2.24, 2.45) is 0 Å². The van der Waals surface area contributed by atoms with E-state index in [2.05, 4.69) is 10.6 Å². The van der Waals surface area contributed by atoms with Gasteiger partial charge in [-0.3, -0.25) is 4.79 Å². The number of hydrogen-bond donors (Lipinski definition) is 2. The summed E-state index contributed by atoms with van der Waals surface area (Å²) in [6, 6.07) is 18.7. The van der Waals surface area contributed by atoms with E-state index in [1.54, 1.807) is 24.3 Å². The Morgan fingerprint density at radius 2 is 1.43 bits per heavy atom. The minimum Gasteiger partial charge on any atom is -0.410 e. The fourth-order valence-corrected chi connectivity index (χ4v) is 1.99. The Bertz CT molecular complexity index is 615. The molecule has 2 N–H and O–H groups in total. The molecule has 2 aromatic carbocycles. The molecule has 2 aromatic rings. The van der Waals surface area contributed by atoms with Crippen LogP contribution in [0.15, 0.2) is 60.7 Å². The van der Waals surface area contributed by atoms with Crippen molar-refractivity contribution in [1.29, 1.82) is 0 Å². The van der Waals surface area contributed by atoms with Gasteiger partial charge in [0.1, 0.15) is 5.75 Å². The molecule has 0 atom stereocenters. The summed E-state index contributed by atoms with van der Waals surface area (Å²) in [5.41, 5.74) is 1.13. The highest BCUT2D eigenvalue weighted by molar-refractivity contribution is 5.76. The number of carbonyl (C=O) groups excluding carboxylic acids is 2. The summed E-state index contributed by atoms with van der Waals surface area (Å²) < 4.78 is 5.06. The van der Waals surface area contributed by atoms with E-state index in [9.17, 15) is 9.59 Å². The van der Waals surface area contributed by atoms with Crippen LogP contribution in [-0.2, 0) is 11.2 Å². The van der Waals surface area contributed by atoms with Crippen LogP contribution in [0.25, 0.3) is 0 Å². The number of aryl methyl sites for hydroxylation is 1. The summed E-state index contributed by atoms with van der Waals surface area (Å²) in [6.07, 6.45) is 0.601. The Kier molecular flexibility index (Phi) is 6.65. The Labute approximate surface area is 135 Å². The van der Waals surface area contributed by atoms with Crippen LogP contribution in [0.2, 0.25) is 0 Å². The summed E-state index contributed by atoms with van der Waals surface area (Å²) in [5, 5.41) is 5.35. The molecule has 2 amide bonds. The van der Waals surface area contributed by atoms with E-state index in [-0.39, 0.29) is 5.91 Å². The van der Waals surface area contributed by atoms with Crippen LogP contribution in [0.1, 0.15) is 12.0 Å². The molecule has 0 radical (unpaired) electrons. The van der Waals surface area contributed by atoms with Gasteiger partial charge in [-0.2, -0.15) is 0 Å². The van der Waals surface area contributed by atoms with E-state index >= 15 is 0 Å². The van der Waals surface area contributed by atoms with Gasteiger partial charge in [-0.25, -0.2) is 4.79 Å². The van der Waals surface area contributed by atoms with Crippen LogP contribution in [0, 0.1) is 0 Å². The lowest BCUT2D eigenvalue weighted by atomic mass is 10.1. The van der Waals surface area contributed by atoms with Crippen LogP contribution in [0.5, 0.6) is 5.75 Å². The van der Waals surface area contributed by atoms with Crippen molar-refractivity contribution in [3.8, 4) is 5.75 Å². The maximum absolute atomic E-state index is 11.7. The third kappa shape index (κ3) is 6.65. The van der Waals surface area contributed by atoms with E-state index in [4.69, 9.17) is 4.74 Å².